The van der Waals surface area contributed by atoms with Crippen molar-refractivity contribution >= 4 is 27.4 Å². The van der Waals surface area contributed by atoms with Crippen LogP contribution in [0.5, 0.6) is 0 Å². The maximum atomic E-state index is 12.2. The molecule has 7 heteroatoms. The highest BCUT2D eigenvalue weighted by Crippen LogP contribution is 2.49. The molecular formula is C16H21NO5S. The van der Waals surface area contributed by atoms with E-state index in [9.17, 15) is 18.0 Å². The molecule has 0 bridgehead atoms. The van der Waals surface area contributed by atoms with Crippen molar-refractivity contribution < 1.29 is 23.1 Å². The number of hydrogen-bond donors (Lipinski definition) is 2. The Hall–Kier alpha value is -1.89. The Kier molecular flexibility index (Phi) is 4.52. The third-order valence-electron chi connectivity index (χ3n) is 4.14. The summed E-state index contributed by atoms with van der Waals surface area (Å²) in [5.41, 5.74) is 1.54. The van der Waals surface area contributed by atoms with Gasteiger partial charge in [-0.1, -0.05) is 6.07 Å². The van der Waals surface area contributed by atoms with Crippen molar-refractivity contribution in [1.82, 2.24) is 0 Å². The molecule has 0 unspecified atom stereocenters. The Labute approximate surface area is 135 Å². The summed E-state index contributed by atoms with van der Waals surface area (Å²) >= 11 is 0. The van der Waals surface area contributed by atoms with Crippen molar-refractivity contribution in [3.63, 3.8) is 0 Å². The minimum absolute atomic E-state index is 0.0146. The molecule has 0 heterocycles. The lowest BCUT2D eigenvalue weighted by atomic mass is 10.0. The number of aromatic carboxylic acids is 1. The van der Waals surface area contributed by atoms with Gasteiger partial charge in [0.15, 0.2) is 0 Å². The lowest BCUT2D eigenvalue weighted by Gasteiger charge is -2.15. The van der Waals surface area contributed by atoms with Crippen LogP contribution in [0.15, 0.2) is 12.1 Å². The number of anilines is 1. The molecule has 1 saturated carbocycles. The molecule has 1 aromatic rings. The number of carboxylic acid groups (broad SMARTS) is 1. The van der Waals surface area contributed by atoms with Gasteiger partial charge in [0, 0.05) is 18.4 Å². The Balaban J connectivity index is 2.12. The van der Waals surface area contributed by atoms with E-state index in [0.717, 1.165) is 18.4 Å². The van der Waals surface area contributed by atoms with Crippen molar-refractivity contribution in [2.45, 2.75) is 33.1 Å². The number of benzene rings is 1. The minimum atomic E-state index is -3.13. The van der Waals surface area contributed by atoms with Crippen LogP contribution in [0.1, 0.15) is 40.7 Å². The van der Waals surface area contributed by atoms with E-state index in [1.54, 1.807) is 19.9 Å². The summed E-state index contributed by atoms with van der Waals surface area (Å²) in [5.74, 6) is -1.32. The zero-order valence-corrected chi connectivity index (χ0v) is 14.3. The Morgan fingerprint density at radius 2 is 1.83 bits per heavy atom. The van der Waals surface area contributed by atoms with Gasteiger partial charge in [-0.25, -0.2) is 13.2 Å². The van der Waals surface area contributed by atoms with Crippen LogP contribution in [-0.2, 0) is 14.6 Å². The van der Waals surface area contributed by atoms with Crippen molar-refractivity contribution in [3.8, 4) is 0 Å². The van der Waals surface area contributed by atoms with Crippen LogP contribution in [0, 0.1) is 19.3 Å². The third kappa shape index (κ3) is 4.54. The SMILES string of the molecule is Cc1cc(C)c(C(=O)O)cc1NC(=O)CC1(CS(C)(=O)=O)CC1. The number of amides is 1. The standard InChI is InChI=1S/C16H21NO5S/c1-10-6-11(2)13(7-12(10)15(19)20)17-14(18)8-16(4-5-16)9-23(3,21)22/h6-7H,4-5,8-9H2,1-3H3,(H,17,18)(H,19,20). The van der Waals surface area contributed by atoms with Crippen LogP contribution >= 0.6 is 0 Å². The number of carbonyl (C=O) groups excluding carboxylic acids is 1. The molecule has 2 N–H and O–H groups in total. The fourth-order valence-electron chi connectivity index (χ4n) is 2.86. The van der Waals surface area contributed by atoms with E-state index in [1.165, 1.54) is 12.3 Å². The molecule has 0 saturated heterocycles. The second kappa shape index (κ2) is 5.96. The molecule has 0 radical (unpaired) electrons. The second-order valence-corrected chi connectivity index (χ2v) is 8.72. The molecule has 23 heavy (non-hydrogen) atoms. The van der Waals surface area contributed by atoms with Gasteiger partial charge in [0.2, 0.25) is 5.91 Å². The molecule has 1 aliphatic rings. The Morgan fingerprint density at radius 1 is 1.22 bits per heavy atom. The van der Waals surface area contributed by atoms with E-state index in [0.29, 0.717) is 11.3 Å². The molecule has 6 nitrogen and oxygen atoms in total. The van der Waals surface area contributed by atoms with Gasteiger partial charge in [-0.3, -0.25) is 4.79 Å². The quantitative estimate of drug-likeness (QED) is 0.827. The molecule has 1 fully saturated rings. The monoisotopic (exact) mass is 339 g/mol. The van der Waals surface area contributed by atoms with E-state index in [1.807, 2.05) is 0 Å². The fourth-order valence-corrected chi connectivity index (χ4v) is 4.36. The number of rotatable bonds is 6. The minimum Gasteiger partial charge on any atom is -0.478 e. The van der Waals surface area contributed by atoms with Crippen LogP contribution < -0.4 is 5.32 Å². The molecule has 0 atom stereocenters. The van der Waals surface area contributed by atoms with Crippen molar-refractivity contribution in [2.24, 2.45) is 5.41 Å². The van der Waals surface area contributed by atoms with E-state index in [-0.39, 0.29) is 23.6 Å². The molecule has 1 aromatic carbocycles. The van der Waals surface area contributed by atoms with Gasteiger partial charge >= 0.3 is 5.97 Å². The number of sulfone groups is 1. The Morgan fingerprint density at radius 3 is 2.30 bits per heavy atom. The van der Waals surface area contributed by atoms with Gasteiger partial charge in [0.1, 0.15) is 9.84 Å². The van der Waals surface area contributed by atoms with Crippen molar-refractivity contribution in [2.75, 3.05) is 17.3 Å². The van der Waals surface area contributed by atoms with Gasteiger partial charge in [-0.15, -0.1) is 0 Å². The van der Waals surface area contributed by atoms with Gasteiger partial charge in [-0.05, 0) is 49.3 Å². The average Bonchev–Trinajstić information content (AvgIpc) is 3.08. The lowest BCUT2D eigenvalue weighted by Crippen LogP contribution is -2.23. The highest BCUT2D eigenvalue weighted by molar-refractivity contribution is 7.90. The topological polar surface area (TPSA) is 101 Å². The summed E-state index contributed by atoms with van der Waals surface area (Å²) in [6, 6.07) is 3.16. The normalized spacial score (nSPS) is 16.0. The van der Waals surface area contributed by atoms with Crippen LogP contribution in [0.4, 0.5) is 5.69 Å². The summed E-state index contributed by atoms with van der Waals surface area (Å²) in [6.45, 7) is 3.49. The second-order valence-electron chi connectivity index (χ2n) is 6.58. The molecule has 0 spiro atoms. The summed E-state index contributed by atoms with van der Waals surface area (Å²) in [7, 11) is -3.13. The lowest BCUT2D eigenvalue weighted by molar-refractivity contribution is -0.117. The van der Waals surface area contributed by atoms with Crippen LogP contribution in [0.2, 0.25) is 0 Å². The maximum absolute atomic E-state index is 12.2. The first-order chi connectivity index (χ1) is 10.5. The van der Waals surface area contributed by atoms with Gasteiger partial charge in [0.25, 0.3) is 0 Å². The predicted molar refractivity (Wildman–Crippen MR) is 87.5 cm³/mol. The number of aryl methyl sites for hydroxylation is 2. The molecule has 1 aliphatic carbocycles. The zero-order valence-electron chi connectivity index (χ0n) is 13.5. The molecule has 1 amide bonds. The van der Waals surface area contributed by atoms with E-state index in [4.69, 9.17) is 5.11 Å². The first-order valence-electron chi connectivity index (χ1n) is 7.33. The maximum Gasteiger partial charge on any atom is 0.336 e. The number of nitrogens with one attached hydrogen (secondary N) is 1. The smallest absolute Gasteiger partial charge is 0.336 e. The summed E-state index contributed by atoms with van der Waals surface area (Å²) in [4.78, 5) is 23.4. The van der Waals surface area contributed by atoms with Gasteiger partial charge in [0.05, 0.1) is 11.3 Å². The molecule has 0 aromatic heterocycles. The molecule has 0 aliphatic heterocycles. The molecule has 126 valence electrons. The van der Waals surface area contributed by atoms with Gasteiger partial charge in [-0.2, -0.15) is 0 Å². The van der Waals surface area contributed by atoms with Crippen molar-refractivity contribution in [3.05, 3.63) is 28.8 Å². The van der Waals surface area contributed by atoms with E-state index in [2.05, 4.69) is 5.32 Å². The number of hydrogen-bond acceptors (Lipinski definition) is 4. The van der Waals surface area contributed by atoms with Crippen LogP contribution in [0.3, 0.4) is 0 Å². The summed E-state index contributed by atoms with van der Waals surface area (Å²) in [5, 5.41) is 11.9. The zero-order chi connectivity index (χ0) is 17.4. The average molecular weight is 339 g/mol. The Bertz CT molecular complexity index is 763. The molecule has 2 rings (SSSR count). The third-order valence-corrected chi connectivity index (χ3v) is 5.27. The van der Waals surface area contributed by atoms with E-state index < -0.39 is 21.2 Å². The molecular weight excluding hydrogens is 318 g/mol. The number of carbonyl (C=O) groups is 2. The summed E-state index contributed by atoms with van der Waals surface area (Å²) in [6.07, 6.45) is 2.76. The van der Waals surface area contributed by atoms with Crippen LogP contribution in [-0.4, -0.2) is 37.4 Å². The predicted octanol–water partition coefficient (Wildman–Crippen LogP) is 2.16. The van der Waals surface area contributed by atoms with Gasteiger partial charge < -0.3 is 10.4 Å². The van der Waals surface area contributed by atoms with Crippen LogP contribution in [0.25, 0.3) is 0 Å². The first-order valence-corrected chi connectivity index (χ1v) is 9.40. The number of carboxylic acids is 1. The summed E-state index contributed by atoms with van der Waals surface area (Å²) < 4.78 is 22.9. The largest absolute Gasteiger partial charge is 0.478 e. The highest BCUT2D eigenvalue weighted by atomic mass is 32.2. The van der Waals surface area contributed by atoms with Crippen molar-refractivity contribution in [1.29, 1.82) is 0 Å². The fraction of sp³-hybridized carbons (Fsp3) is 0.500. The first kappa shape index (κ1) is 17.5. The van der Waals surface area contributed by atoms with E-state index >= 15 is 0 Å². The highest BCUT2D eigenvalue weighted by Gasteiger charge is 2.46.